The third kappa shape index (κ3) is 4.04. The predicted octanol–water partition coefficient (Wildman–Crippen LogP) is 2.19. The Bertz CT molecular complexity index is 406. The van der Waals surface area contributed by atoms with E-state index >= 15 is 0 Å². The van der Waals surface area contributed by atoms with E-state index in [-0.39, 0.29) is 5.91 Å². The van der Waals surface area contributed by atoms with Crippen molar-refractivity contribution in [1.82, 2.24) is 5.32 Å². The maximum atomic E-state index is 11.5. The van der Waals surface area contributed by atoms with Gasteiger partial charge in [-0.1, -0.05) is 37.3 Å². The molecule has 0 atom stereocenters. The van der Waals surface area contributed by atoms with Gasteiger partial charge in [0.05, 0.1) is 0 Å². The van der Waals surface area contributed by atoms with Gasteiger partial charge in [0.25, 0.3) is 0 Å². The molecule has 0 spiro atoms. The molecule has 0 aromatic heterocycles. The molecule has 3 heteroatoms. The van der Waals surface area contributed by atoms with E-state index < -0.39 is 5.54 Å². The van der Waals surface area contributed by atoms with Gasteiger partial charge in [0.1, 0.15) is 0 Å². The number of nitrogens with one attached hydrogen (secondary N) is 1. The van der Waals surface area contributed by atoms with Crippen molar-refractivity contribution in [3.05, 3.63) is 47.7 Å². The van der Waals surface area contributed by atoms with Crippen LogP contribution < -0.4 is 11.1 Å². The van der Waals surface area contributed by atoms with Gasteiger partial charge in [-0.3, -0.25) is 4.79 Å². The molecule has 0 fully saturated rings. The van der Waals surface area contributed by atoms with E-state index in [1.54, 1.807) is 0 Å². The summed E-state index contributed by atoms with van der Waals surface area (Å²) < 4.78 is 0. The molecule has 17 heavy (non-hydrogen) atoms. The number of amides is 1. The fourth-order valence-electron chi connectivity index (χ4n) is 1.52. The second kappa shape index (κ2) is 5.64. The van der Waals surface area contributed by atoms with Crippen LogP contribution in [0.2, 0.25) is 0 Å². The highest BCUT2D eigenvalue weighted by Crippen LogP contribution is 2.21. The molecule has 0 radical (unpaired) electrons. The van der Waals surface area contributed by atoms with Crippen molar-refractivity contribution in [2.24, 2.45) is 5.73 Å². The van der Waals surface area contributed by atoms with Crippen LogP contribution in [0.1, 0.15) is 27.2 Å². The Balaban J connectivity index is 3.06. The van der Waals surface area contributed by atoms with E-state index in [2.05, 4.69) is 5.32 Å². The lowest BCUT2D eigenvalue weighted by Gasteiger charge is -2.25. The van der Waals surface area contributed by atoms with E-state index in [1.807, 2.05) is 57.2 Å². The molecule has 1 aliphatic rings. The molecule has 1 amide bonds. The molecule has 0 aliphatic heterocycles. The summed E-state index contributed by atoms with van der Waals surface area (Å²) in [5.41, 5.74) is 7.31. The Morgan fingerprint density at radius 2 is 1.82 bits per heavy atom. The number of hydrogen-bond donors (Lipinski definition) is 2. The molecule has 3 nitrogen and oxygen atoms in total. The van der Waals surface area contributed by atoms with E-state index in [1.165, 1.54) is 0 Å². The molecule has 0 saturated carbocycles. The van der Waals surface area contributed by atoms with Crippen LogP contribution in [-0.2, 0) is 4.79 Å². The molecule has 0 saturated heterocycles. The molecule has 0 heterocycles. The number of rotatable bonds is 3. The second-order valence-corrected chi connectivity index (χ2v) is 4.55. The fourth-order valence-corrected chi connectivity index (χ4v) is 1.52. The van der Waals surface area contributed by atoms with E-state index in [4.69, 9.17) is 5.73 Å². The van der Waals surface area contributed by atoms with Gasteiger partial charge in [0.15, 0.2) is 0 Å². The van der Waals surface area contributed by atoms with E-state index in [0.717, 1.165) is 11.3 Å². The van der Waals surface area contributed by atoms with Gasteiger partial charge >= 0.3 is 0 Å². The van der Waals surface area contributed by atoms with Crippen LogP contribution in [0.15, 0.2) is 47.7 Å². The lowest BCUT2D eigenvalue weighted by Crippen LogP contribution is -2.38. The molecule has 0 unspecified atom stereocenters. The van der Waals surface area contributed by atoms with Crippen molar-refractivity contribution in [3.63, 3.8) is 0 Å². The van der Waals surface area contributed by atoms with Crippen molar-refractivity contribution < 1.29 is 4.79 Å². The highest BCUT2D eigenvalue weighted by atomic mass is 16.1. The van der Waals surface area contributed by atoms with Crippen LogP contribution in [0.25, 0.3) is 0 Å². The van der Waals surface area contributed by atoms with Crippen LogP contribution in [0.5, 0.6) is 0 Å². The largest absolute Gasteiger partial charge is 0.326 e. The van der Waals surface area contributed by atoms with Gasteiger partial charge in [-0.2, -0.15) is 0 Å². The van der Waals surface area contributed by atoms with Gasteiger partial charge in [0.2, 0.25) is 5.91 Å². The molecule has 0 aromatic carbocycles. The first-order chi connectivity index (χ1) is 7.95. The number of nitrogens with two attached hydrogens (primary N) is 1. The van der Waals surface area contributed by atoms with Gasteiger partial charge < -0.3 is 11.1 Å². The Labute approximate surface area is 103 Å². The minimum absolute atomic E-state index is 0.00986. The Morgan fingerprint density at radius 3 is 2.35 bits per heavy atom. The summed E-state index contributed by atoms with van der Waals surface area (Å²) in [6, 6.07) is 0. The van der Waals surface area contributed by atoms with Crippen molar-refractivity contribution in [2.75, 3.05) is 0 Å². The smallest absolute Gasteiger partial charge is 0.224 e. The summed E-state index contributed by atoms with van der Waals surface area (Å²) >= 11 is 0. The van der Waals surface area contributed by atoms with E-state index in [0.29, 0.717) is 6.42 Å². The normalized spacial score (nSPS) is 25.6. The van der Waals surface area contributed by atoms with Crippen molar-refractivity contribution in [3.8, 4) is 0 Å². The third-order valence-corrected chi connectivity index (χ3v) is 2.44. The predicted molar refractivity (Wildman–Crippen MR) is 71.1 cm³/mol. The third-order valence-electron chi connectivity index (χ3n) is 2.44. The Morgan fingerprint density at radius 1 is 1.24 bits per heavy atom. The number of hydrogen-bond acceptors (Lipinski definition) is 2. The van der Waals surface area contributed by atoms with Gasteiger partial charge in [0, 0.05) is 17.7 Å². The molecule has 1 aliphatic carbocycles. The zero-order valence-corrected chi connectivity index (χ0v) is 10.7. The van der Waals surface area contributed by atoms with Crippen LogP contribution in [-0.4, -0.2) is 11.4 Å². The maximum absolute atomic E-state index is 11.5. The van der Waals surface area contributed by atoms with Crippen molar-refractivity contribution in [2.45, 2.75) is 32.7 Å². The highest BCUT2D eigenvalue weighted by Gasteiger charge is 2.21. The summed E-state index contributed by atoms with van der Waals surface area (Å²) in [6.07, 6.45) is 11.9. The average Bonchev–Trinajstić information content (AvgIpc) is 2.19. The van der Waals surface area contributed by atoms with Gasteiger partial charge in [-0.05, 0) is 25.5 Å². The lowest BCUT2D eigenvalue weighted by atomic mass is 9.91. The summed E-state index contributed by atoms with van der Waals surface area (Å²) in [5.74, 6) is -0.00986. The average molecular weight is 232 g/mol. The molecular weight excluding hydrogens is 212 g/mol. The summed E-state index contributed by atoms with van der Waals surface area (Å²) in [7, 11) is 0. The quantitative estimate of drug-likeness (QED) is 0.783. The number of carbonyl (C=O) groups is 1. The minimum atomic E-state index is -0.498. The van der Waals surface area contributed by atoms with Crippen molar-refractivity contribution in [1.29, 1.82) is 0 Å². The molecular formula is C14H20N2O. The molecule has 3 N–H and O–H groups in total. The molecule has 1 rings (SSSR count). The first-order valence-corrected chi connectivity index (χ1v) is 5.80. The first-order valence-electron chi connectivity index (χ1n) is 5.80. The van der Waals surface area contributed by atoms with Crippen LogP contribution in [0.4, 0.5) is 0 Å². The number of allylic oxidation sites excluding steroid dienone is 6. The summed E-state index contributed by atoms with van der Waals surface area (Å²) in [4.78, 5) is 11.5. The zero-order valence-electron chi connectivity index (χ0n) is 10.7. The fraction of sp³-hybridized carbons (Fsp3) is 0.357. The number of carbonyl (C=O) groups excluding carboxylic acids is 1. The van der Waals surface area contributed by atoms with Crippen LogP contribution >= 0.6 is 0 Å². The van der Waals surface area contributed by atoms with Crippen molar-refractivity contribution >= 4 is 5.91 Å². The van der Waals surface area contributed by atoms with E-state index in [9.17, 15) is 4.79 Å². The monoisotopic (exact) mass is 232 g/mol. The minimum Gasteiger partial charge on any atom is -0.326 e. The molecule has 0 aromatic rings. The maximum Gasteiger partial charge on any atom is 0.224 e. The van der Waals surface area contributed by atoms with Crippen LogP contribution in [0, 0.1) is 0 Å². The van der Waals surface area contributed by atoms with Gasteiger partial charge in [-0.15, -0.1) is 0 Å². The standard InChI is InChI=1S/C14H20N2O/c1-4-13(17)16-12-10-8-6-5-7-9-11(12)14(2,3)15/h5-10H,4,15H2,1-3H3,(H,16,17)/b6-5?,7-5-,8-6-,9-7?,10-8?,11-9+,12-10+,12-11?. The Kier molecular flexibility index (Phi) is 4.46. The van der Waals surface area contributed by atoms with Crippen LogP contribution in [0.3, 0.4) is 0 Å². The second-order valence-electron chi connectivity index (χ2n) is 4.55. The molecule has 0 bridgehead atoms. The SMILES string of the molecule is CCC(=O)NC1=C/C=C\C=C/C=C\1C(C)(C)N. The first kappa shape index (κ1) is 13.5. The zero-order chi connectivity index (χ0) is 12.9. The Hall–Kier alpha value is -1.61. The summed E-state index contributed by atoms with van der Waals surface area (Å²) in [6.45, 7) is 5.67. The lowest BCUT2D eigenvalue weighted by molar-refractivity contribution is -0.120. The topological polar surface area (TPSA) is 55.1 Å². The van der Waals surface area contributed by atoms with Gasteiger partial charge in [-0.25, -0.2) is 0 Å². The highest BCUT2D eigenvalue weighted by molar-refractivity contribution is 5.78. The molecule has 92 valence electrons. The summed E-state index contributed by atoms with van der Waals surface area (Å²) in [5, 5.41) is 2.88.